The summed E-state index contributed by atoms with van der Waals surface area (Å²) in [6.45, 7) is 1.71. The van der Waals surface area contributed by atoms with Crippen LogP contribution in [0.1, 0.15) is 29.1 Å². The summed E-state index contributed by atoms with van der Waals surface area (Å²) in [4.78, 5) is 24.6. The fraction of sp³-hybridized carbons (Fsp3) is 0.200. The van der Waals surface area contributed by atoms with Crippen molar-refractivity contribution in [1.82, 2.24) is 20.1 Å². The molecule has 0 aliphatic carbocycles. The van der Waals surface area contributed by atoms with Crippen LogP contribution in [0.25, 0.3) is 0 Å². The van der Waals surface area contributed by atoms with E-state index >= 15 is 0 Å². The van der Waals surface area contributed by atoms with E-state index in [0.717, 1.165) is 0 Å². The van der Waals surface area contributed by atoms with Gasteiger partial charge >= 0.3 is 0 Å². The second-order valence-electron chi connectivity index (χ2n) is 6.54. The van der Waals surface area contributed by atoms with E-state index in [4.69, 9.17) is 23.2 Å². The lowest BCUT2D eigenvalue weighted by atomic mass is 10.2. The molecule has 0 radical (unpaired) electrons. The van der Waals surface area contributed by atoms with Crippen molar-refractivity contribution >= 4 is 52.5 Å². The van der Waals surface area contributed by atoms with E-state index in [1.165, 1.54) is 30.0 Å². The number of hydrogen-bond acceptors (Lipinski definition) is 5. The standard InChI is InChI=1S/C20H18Cl2FN5O2S/c1-11(24-19(30)13-5-3-4-6-15(13)23)18-26-27-20(28(18)2)31-10-17(29)25-16-9-12(21)7-8-14(16)22/h3-9,11H,10H2,1-2H3,(H,24,30)(H,25,29)/t11-/m1/s1. The number of benzene rings is 2. The smallest absolute Gasteiger partial charge is 0.254 e. The summed E-state index contributed by atoms with van der Waals surface area (Å²) in [6, 6.07) is 9.98. The Morgan fingerprint density at radius 1 is 1.19 bits per heavy atom. The highest BCUT2D eigenvalue weighted by atomic mass is 35.5. The second-order valence-corrected chi connectivity index (χ2v) is 8.32. The summed E-state index contributed by atoms with van der Waals surface area (Å²) in [6.07, 6.45) is 0. The van der Waals surface area contributed by atoms with Crippen molar-refractivity contribution < 1.29 is 14.0 Å². The van der Waals surface area contributed by atoms with Gasteiger partial charge < -0.3 is 15.2 Å². The molecule has 0 saturated carbocycles. The van der Waals surface area contributed by atoms with Crippen molar-refractivity contribution in [3.05, 3.63) is 69.7 Å². The average Bonchev–Trinajstić information content (AvgIpc) is 3.10. The summed E-state index contributed by atoms with van der Waals surface area (Å²) < 4.78 is 15.5. The van der Waals surface area contributed by atoms with Crippen LogP contribution in [-0.4, -0.2) is 32.3 Å². The molecule has 0 unspecified atom stereocenters. The maximum Gasteiger partial charge on any atom is 0.254 e. The predicted molar refractivity (Wildman–Crippen MR) is 119 cm³/mol. The first-order valence-corrected chi connectivity index (χ1v) is 10.8. The maximum absolute atomic E-state index is 13.8. The van der Waals surface area contributed by atoms with E-state index in [2.05, 4.69) is 20.8 Å². The number of carbonyl (C=O) groups excluding carboxylic acids is 2. The number of anilines is 1. The molecular weight excluding hydrogens is 464 g/mol. The Kier molecular flexibility index (Phi) is 7.53. The Bertz CT molecular complexity index is 1120. The molecule has 0 fully saturated rings. The zero-order chi connectivity index (χ0) is 22.5. The van der Waals surface area contributed by atoms with Crippen molar-refractivity contribution in [2.75, 3.05) is 11.1 Å². The van der Waals surface area contributed by atoms with Crippen LogP contribution in [0.3, 0.4) is 0 Å². The molecule has 2 N–H and O–H groups in total. The van der Waals surface area contributed by atoms with Crippen LogP contribution >= 0.6 is 35.0 Å². The Hall–Kier alpha value is -2.62. The van der Waals surface area contributed by atoms with E-state index < -0.39 is 17.8 Å². The van der Waals surface area contributed by atoms with Gasteiger partial charge in [-0.15, -0.1) is 10.2 Å². The molecule has 1 atom stereocenters. The normalized spacial score (nSPS) is 11.8. The van der Waals surface area contributed by atoms with Crippen LogP contribution < -0.4 is 10.6 Å². The highest BCUT2D eigenvalue weighted by Gasteiger charge is 2.20. The minimum Gasteiger partial charge on any atom is -0.342 e. The molecule has 162 valence electrons. The van der Waals surface area contributed by atoms with E-state index in [1.54, 1.807) is 42.8 Å². The fourth-order valence-electron chi connectivity index (χ4n) is 2.72. The van der Waals surface area contributed by atoms with Gasteiger partial charge in [0, 0.05) is 12.1 Å². The number of rotatable bonds is 7. The first kappa shape index (κ1) is 23.1. The number of aromatic nitrogens is 3. The van der Waals surface area contributed by atoms with Gasteiger partial charge in [0.15, 0.2) is 11.0 Å². The number of hydrogen-bond donors (Lipinski definition) is 2. The molecule has 31 heavy (non-hydrogen) atoms. The van der Waals surface area contributed by atoms with Crippen molar-refractivity contribution in [1.29, 1.82) is 0 Å². The molecule has 3 aromatic rings. The summed E-state index contributed by atoms with van der Waals surface area (Å²) in [5.74, 6) is -0.928. The van der Waals surface area contributed by atoms with Crippen molar-refractivity contribution in [2.24, 2.45) is 7.05 Å². The molecule has 0 saturated heterocycles. The summed E-state index contributed by atoms with van der Waals surface area (Å²) in [7, 11) is 1.72. The maximum atomic E-state index is 13.8. The summed E-state index contributed by atoms with van der Waals surface area (Å²) in [5, 5.41) is 14.9. The molecule has 0 bridgehead atoms. The lowest BCUT2D eigenvalue weighted by Crippen LogP contribution is -2.29. The largest absolute Gasteiger partial charge is 0.342 e. The molecule has 0 aliphatic heterocycles. The van der Waals surface area contributed by atoms with Gasteiger partial charge in [0.25, 0.3) is 5.91 Å². The topological polar surface area (TPSA) is 88.9 Å². The quantitative estimate of drug-likeness (QED) is 0.485. The van der Waals surface area contributed by atoms with Gasteiger partial charge in [0.05, 0.1) is 28.1 Å². The van der Waals surface area contributed by atoms with Crippen molar-refractivity contribution in [3.8, 4) is 0 Å². The third-order valence-corrected chi connectivity index (χ3v) is 5.84. The zero-order valence-corrected chi connectivity index (χ0v) is 18.9. The number of carbonyl (C=O) groups is 2. The van der Waals surface area contributed by atoms with Crippen molar-refractivity contribution in [2.45, 2.75) is 18.1 Å². The molecule has 0 spiro atoms. The molecule has 3 rings (SSSR count). The van der Waals surface area contributed by atoms with E-state index in [-0.39, 0.29) is 17.2 Å². The number of halogens is 3. The molecule has 11 heteroatoms. The minimum absolute atomic E-state index is 0.0533. The highest BCUT2D eigenvalue weighted by molar-refractivity contribution is 7.99. The van der Waals surface area contributed by atoms with Gasteiger partial charge in [-0.25, -0.2) is 4.39 Å². The van der Waals surface area contributed by atoms with Gasteiger partial charge in [-0.05, 0) is 37.3 Å². The van der Waals surface area contributed by atoms with Gasteiger partial charge in [-0.3, -0.25) is 9.59 Å². The van der Waals surface area contributed by atoms with Crippen LogP contribution in [0.4, 0.5) is 10.1 Å². The fourth-order valence-corrected chi connectivity index (χ4v) is 3.78. The van der Waals surface area contributed by atoms with Crippen LogP contribution in [0, 0.1) is 5.82 Å². The molecule has 1 aromatic heterocycles. The van der Waals surface area contributed by atoms with Gasteiger partial charge in [0.2, 0.25) is 5.91 Å². The molecule has 1 heterocycles. The molecule has 2 amide bonds. The predicted octanol–water partition coefficient (Wildman–Crippen LogP) is 4.48. The third kappa shape index (κ3) is 5.75. The van der Waals surface area contributed by atoms with Gasteiger partial charge in [-0.1, -0.05) is 47.1 Å². The number of nitrogens with one attached hydrogen (secondary N) is 2. The summed E-state index contributed by atoms with van der Waals surface area (Å²) >= 11 is 13.1. The van der Waals surface area contributed by atoms with E-state index in [9.17, 15) is 14.0 Å². The molecule has 7 nitrogen and oxygen atoms in total. The van der Waals surface area contributed by atoms with E-state index in [0.29, 0.717) is 26.7 Å². The lowest BCUT2D eigenvalue weighted by molar-refractivity contribution is -0.113. The molecule has 0 aliphatic rings. The van der Waals surface area contributed by atoms with Gasteiger partial charge in [-0.2, -0.15) is 0 Å². The Morgan fingerprint density at radius 3 is 2.68 bits per heavy atom. The van der Waals surface area contributed by atoms with Gasteiger partial charge in [0.1, 0.15) is 5.82 Å². The highest BCUT2D eigenvalue weighted by Crippen LogP contribution is 2.26. The van der Waals surface area contributed by atoms with E-state index in [1.807, 2.05) is 0 Å². The molecule has 2 aromatic carbocycles. The number of amides is 2. The Labute approximate surface area is 192 Å². The minimum atomic E-state index is -0.604. The lowest BCUT2D eigenvalue weighted by Gasteiger charge is -2.14. The summed E-state index contributed by atoms with van der Waals surface area (Å²) in [5.41, 5.74) is 0.366. The third-order valence-electron chi connectivity index (χ3n) is 4.26. The average molecular weight is 482 g/mol. The first-order chi connectivity index (χ1) is 14.8. The second kappa shape index (κ2) is 10.1. The zero-order valence-electron chi connectivity index (χ0n) is 16.5. The van der Waals surface area contributed by atoms with Crippen LogP contribution in [0.15, 0.2) is 47.6 Å². The number of nitrogens with zero attached hydrogens (tertiary/aromatic N) is 3. The van der Waals surface area contributed by atoms with Crippen LogP contribution in [-0.2, 0) is 11.8 Å². The molecular formula is C20H18Cl2FN5O2S. The van der Waals surface area contributed by atoms with Crippen molar-refractivity contribution in [3.63, 3.8) is 0 Å². The Morgan fingerprint density at radius 2 is 1.94 bits per heavy atom. The first-order valence-electron chi connectivity index (χ1n) is 9.08. The number of thioether (sulfide) groups is 1. The SMILES string of the molecule is C[C@@H](NC(=O)c1ccccc1F)c1nnc(SCC(=O)Nc2cc(Cl)ccc2Cl)n1C. The van der Waals surface area contributed by atoms with Crippen LogP contribution in [0.5, 0.6) is 0 Å². The van der Waals surface area contributed by atoms with Crippen LogP contribution in [0.2, 0.25) is 10.0 Å². The Balaban J connectivity index is 1.60. The monoisotopic (exact) mass is 481 g/mol.